The van der Waals surface area contributed by atoms with E-state index in [1.165, 1.54) is 10.8 Å². The van der Waals surface area contributed by atoms with Crippen molar-refractivity contribution in [2.45, 2.75) is 0 Å². The van der Waals surface area contributed by atoms with Gasteiger partial charge in [-0.1, -0.05) is 84.6 Å². The summed E-state index contributed by atoms with van der Waals surface area (Å²) in [6.45, 7) is 0. The van der Waals surface area contributed by atoms with Gasteiger partial charge in [-0.3, -0.25) is 0 Å². The molecule has 0 saturated carbocycles. The molecule has 28 heavy (non-hydrogen) atoms. The second kappa shape index (κ2) is 8.35. The van der Waals surface area contributed by atoms with Gasteiger partial charge in [0.25, 0.3) is 0 Å². The van der Waals surface area contributed by atoms with E-state index in [0.29, 0.717) is 0 Å². The summed E-state index contributed by atoms with van der Waals surface area (Å²) >= 11 is 0. The lowest BCUT2D eigenvalue weighted by Gasteiger charge is -1.98. The minimum Gasteiger partial charge on any atom is -0.0616 e. The number of hydrogen-bond donors (Lipinski definition) is 0. The molecule has 0 radical (unpaired) electrons. The Morgan fingerprint density at radius 3 is 1.25 bits per heavy atom. The van der Waals surface area contributed by atoms with E-state index >= 15 is 0 Å². The highest BCUT2D eigenvalue weighted by Gasteiger charge is 1.96. The van der Waals surface area contributed by atoms with Gasteiger partial charge in [-0.25, -0.2) is 0 Å². The molecule has 0 aliphatic rings. The van der Waals surface area contributed by atoms with Crippen LogP contribution in [0.25, 0.3) is 21.5 Å². The highest BCUT2D eigenvalue weighted by Crippen LogP contribution is 2.18. The predicted molar refractivity (Wildman–Crippen MR) is 117 cm³/mol. The molecule has 0 saturated heterocycles. The molecule has 0 bridgehead atoms. The maximum atomic E-state index is 3.10. The van der Waals surface area contributed by atoms with E-state index in [1.54, 1.807) is 0 Å². The van der Waals surface area contributed by atoms with Crippen molar-refractivity contribution in [3.05, 3.63) is 96.1 Å². The van der Waals surface area contributed by atoms with E-state index in [1.807, 2.05) is 48.5 Å². The molecule has 4 aromatic rings. The molecule has 0 N–H and O–H groups in total. The van der Waals surface area contributed by atoms with Crippen LogP contribution in [0.4, 0.5) is 0 Å². The number of rotatable bonds is 0. The second-order valence-corrected chi connectivity index (χ2v) is 6.05. The lowest BCUT2D eigenvalue weighted by molar-refractivity contribution is 1.70. The zero-order valence-electron chi connectivity index (χ0n) is 15.1. The molecule has 0 fully saturated rings. The average molecular weight is 350 g/mol. The molecular weight excluding hydrogens is 336 g/mol. The fourth-order valence-corrected chi connectivity index (χ4v) is 2.99. The van der Waals surface area contributed by atoms with Crippen molar-refractivity contribution in [2.24, 2.45) is 0 Å². The van der Waals surface area contributed by atoms with Gasteiger partial charge in [-0.05, 0) is 69.2 Å². The van der Waals surface area contributed by atoms with Crippen molar-refractivity contribution < 1.29 is 0 Å². The van der Waals surface area contributed by atoms with Crippen molar-refractivity contribution in [1.29, 1.82) is 0 Å². The Bertz CT molecular complexity index is 1300. The highest BCUT2D eigenvalue weighted by molar-refractivity contribution is 5.89. The van der Waals surface area contributed by atoms with Crippen LogP contribution in [-0.2, 0) is 0 Å². The van der Waals surface area contributed by atoms with Crippen LogP contribution in [0.2, 0.25) is 0 Å². The summed E-state index contributed by atoms with van der Waals surface area (Å²) in [7, 11) is 0. The van der Waals surface area contributed by atoms with Crippen LogP contribution in [0, 0.1) is 47.4 Å². The number of hydrogen-bond acceptors (Lipinski definition) is 0. The molecule has 0 aromatic heterocycles. The van der Waals surface area contributed by atoms with E-state index in [-0.39, 0.29) is 0 Å². The third kappa shape index (κ3) is 3.90. The molecule has 0 heteroatoms. The van der Waals surface area contributed by atoms with Gasteiger partial charge < -0.3 is 0 Å². The third-order valence-corrected chi connectivity index (χ3v) is 4.29. The minimum atomic E-state index is 0.969. The largest absolute Gasteiger partial charge is 0.0616 e. The minimum absolute atomic E-state index is 0.969. The molecule has 0 unspecified atom stereocenters. The molecule has 0 atom stereocenters. The molecule has 0 aliphatic heterocycles. The van der Waals surface area contributed by atoms with Crippen LogP contribution in [0.15, 0.2) is 84.9 Å². The van der Waals surface area contributed by atoms with E-state index in [0.717, 1.165) is 21.9 Å². The van der Waals surface area contributed by atoms with E-state index in [9.17, 15) is 0 Å². The molecule has 0 nitrogen and oxygen atoms in total. The van der Waals surface area contributed by atoms with Crippen molar-refractivity contribution in [3.63, 3.8) is 0 Å². The Kier molecular flexibility index (Phi) is 5.09. The summed E-state index contributed by atoms with van der Waals surface area (Å²) in [5, 5.41) is 4.61. The first kappa shape index (κ1) is 17.1. The molecule has 4 aromatic carbocycles. The highest BCUT2D eigenvalue weighted by atomic mass is 14.0. The van der Waals surface area contributed by atoms with Gasteiger partial charge in [-0.2, -0.15) is 0 Å². The molecular formula is C28H14. The van der Waals surface area contributed by atoms with Gasteiger partial charge in [0, 0.05) is 11.1 Å². The summed E-state index contributed by atoms with van der Waals surface area (Å²) in [6.07, 6.45) is 0. The van der Waals surface area contributed by atoms with E-state index < -0.39 is 0 Å². The Balaban J connectivity index is 1.50. The van der Waals surface area contributed by atoms with E-state index in [2.05, 4.69) is 83.8 Å². The van der Waals surface area contributed by atoms with Crippen LogP contribution < -0.4 is 0 Å². The van der Waals surface area contributed by atoms with Gasteiger partial charge in [0.05, 0.1) is 0 Å². The van der Waals surface area contributed by atoms with Gasteiger partial charge in [0.2, 0.25) is 0 Å². The van der Waals surface area contributed by atoms with Crippen LogP contribution >= 0.6 is 0 Å². The summed E-state index contributed by atoms with van der Waals surface area (Å²) in [6, 6.07) is 28.5. The summed E-state index contributed by atoms with van der Waals surface area (Å²) in [4.78, 5) is 0. The van der Waals surface area contributed by atoms with Crippen molar-refractivity contribution >= 4 is 21.5 Å². The normalized spacial score (nSPS) is 9.00. The molecule has 0 amide bonds. The number of benzene rings is 4. The lowest BCUT2D eigenvalue weighted by Crippen LogP contribution is -1.78. The quantitative estimate of drug-likeness (QED) is 0.372. The Labute approximate surface area is 165 Å². The summed E-state index contributed by atoms with van der Waals surface area (Å²) in [5.74, 6) is 23.0. The zero-order valence-corrected chi connectivity index (χ0v) is 15.1. The molecule has 0 aliphatic carbocycles. The fourth-order valence-electron chi connectivity index (χ4n) is 2.99. The maximum Gasteiger partial charge on any atom is 0.0334 e. The topological polar surface area (TPSA) is 0 Å². The first-order chi connectivity index (χ1) is 13.9. The SMILES string of the molecule is C(C#CC#Cc1cccc2ccccc12)#CC#Cc1cccc2ccccc12. The predicted octanol–water partition coefficient (Wildman–Crippen LogP) is 5.40. The van der Waals surface area contributed by atoms with Crippen LogP contribution in [0.1, 0.15) is 11.1 Å². The summed E-state index contributed by atoms with van der Waals surface area (Å²) in [5.41, 5.74) is 1.94. The molecule has 0 spiro atoms. The Morgan fingerprint density at radius 2 is 0.750 bits per heavy atom. The van der Waals surface area contributed by atoms with Crippen molar-refractivity contribution in [1.82, 2.24) is 0 Å². The van der Waals surface area contributed by atoms with Gasteiger partial charge in [0.15, 0.2) is 0 Å². The Morgan fingerprint density at radius 1 is 0.357 bits per heavy atom. The second-order valence-electron chi connectivity index (χ2n) is 6.05. The third-order valence-electron chi connectivity index (χ3n) is 4.29. The van der Waals surface area contributed by atoms with Gasteiger partial charge in [0.1, 0.15) is 0 Å². The van der Waals surface area contributed by atoms with Crippen molar-refractivity contribution in [3.8, 4) is 47.4 Å². The summed E-state index contributed by atoms with van der Waals surface area (Å²) < 4.78 is 0. The average Bonchev–Trinajstić information content (AvgIpc) is 2.76. The first-order valence-electron chi connectivity index (χ1n) is 8.89. The number of fused-ring (bicyclic) bond motifs is 2. The van der Waals surface area contributed by atoms with Gasteiger partial charge in [-0.15, -0.1) is 0 Å². The van der Waals surface area contributed by atoms with Crippen LogP contribution in [0.3, 0.4) is 0 Å². The van der Waals surface area contributed by atoms with Crippen LogP contribution in [0.5, 0.6) is 0 Å². The molecule has 4 rings (SSSR count). The standard InChI is InChI=1S/C28H14/c1(3-5-13-23-17-11-19-25-15-7-9-21-27(23)25)2-4-6-14-24-18-12-20-26-16-8-10-22-28(24)26/h7-12,15-22H. The monoisotopic (exact) mass is 350 g/mol. The van der Waals surface area contributed by atoms with E-state index in [4.69, 9.17) is 0 Å². The Hall–Kier alpha value is -4.36. The smallest absolute Gasteiger partial charge is 0.0334 e. The van der Waals surface area contributed by atoms with Crippen molar-refractivity contribution in [2.75, 3.05) is 0 Å². The van der Waals surface area contributed by atoms with Crippen LogP contribution in [-0.4, -0.2) is 0 Å². The fraction of sp³-hybridized carbons (Fsp3) is 0. The molecule has 126 valence electrons. The zero-order chi connectivity index (χ0) is 19.0. The first-order valence-corrected chi connectivity index (χ1v) is 8.89. The maximum absolute atomic E-state index is 3.10. The molecule has 0 heterocycles. The van der Waals surface area contributed by atoms with Gasteiger partial charge >= 0.3 is 0 Å². The lowest BCUT2D eigenvalue weighted by atomic mass is 10.1.